The molecule has 21 heavy (non-hydrogen) atoms. The number of hydrogen-bond donors (Lipinski definition) is 1. The minimum atomic E-state index is 0.381. The summed E-state index contributed by atoms with van der Waals surface area (Å²) in [6.45, 7) is 3.20. The van der Waals surface area contributed by atoms with Crippen LogP contribution >= 0.6 is 23.2 Å². The van der Waals surface area contributed by atoms with E-state index >= 15 is 0 Å². The lowest BCUT2D eigenvalue weighted by molar-refractivity contribution is 0.505. The van der Waals surface area contributed by atoms with Gasteiger partial charge in [-0.3, -0.25) is 0 Å². The first kappa shape index (κ1) is 16.4. The molecule has 1 unspecified atom stereocenters. The topological polar surface area (TPSA) is 12.0 Å². The first-order valence-corrected chi connectivity index (χ1v) is 8.16. The standard InChI is InChI=1S/C18H21Cl2N/c1-2-10-21-17(11-14-6-4-3-5-7-14)12-15-8-9-16(19)13-18(15)20/h3-9,13,17,21H,2,10-12H2,1H3. The Labute approximate surface area is 137 Å². The van der Waals surface area contributed by atoms with Gasteiger partial charge in [0.25, 0.3) is 0 Å². The molecule has 0 spiro atoms. The van der Waals surface area contributed by atoms with Gasteiger partial charge in [0, 0.05) is 16.1 Å². The van der Waals surface area contributed by atoms with Gasteiger partial charge in [-0.15, -0.1) is 0 Å². The highest BCUT2D eigenvalue weighted by molar-refractivity contribution is 6.35. The minimum Gasteiger partial charge on any atom is -0.313 e. The average Bonchev–Trinajstić information content (AvgIpc) is 2.48. The van der Waals surface area contributed by atoms with Gasteiger partial charge in [-0.2, -0.15) is 0 Å². The third kappa shape index (κ3) is 5.35. The van der Waals surface area contributed by atoms with Crippen molar-refractivity contribution >= 4 is 23.2 Å². The van der Waals surface area contributed by atoms with E-state index in [-0.39, 0.29) is 0 Å². The zero-order valence-corrected chi connectivity index (χ0v) is 13.8. The van der Waals surface area contributed by atoms with Gasteiger partial charge in [0.05, 0.1) is 0 Å². The first-order chi connectivity index (χ1) is 10.2. The first-order valence-electron chi connectivity index (χ1n) is 7.40. The summed E-state index contributed by atoms with van der Waals surface area (Å²) >= 11 is 12.3. The van der Waals surface area contributed by atoms with E-state index in [1.807, 2.05) is 24.3 Å². The van der Waals surface area contributed by atoms with E-state index in [1.54, 1.807) is 0 Å². The van der Waals surface area contributed by atoms with E-state index in [0.29, 0.717) is 11.1 Å². The molecule has 3 heteroatoms. The van der Waals surface area contributed by atoms with Gasteiger partial charge < -0.3 is 5.32 Å². The summed E-state index contributed by atoms with van der Waals surface area (Å²) in [5, 5.41) is 5.05. The van der Waals surface area contributed by atoms with Gasteiger partial charge in [0.15, 0.2) is 0 Å². The van der Waals surface area contributed by atoms with Crippen molar-refractivity contribution in [1.29, 1.82) is 0 Å². The number of nitrogens with one attached hydrogen (secondary N) is 1. The van der Waals surface area contributed by atoms with Crippen molar-refractivity contribution in [3.63, 3.8) is 0 Å². The molecule has 1 nitrogen and oxygen atoms in total. The maximum atomic E-state index is 6.30. The highest BCUT2D eigenvalue weighted by Crippen LogP contribution is 2.22. The van der Waals surface area contributed by atoms with Crippen LogP contribution in [-0.4, -0.2) is 12.6 Å². The Balaban J connectivity index is 2.08. The second kappa shape index (κ2) is 8.43. The van der Waals surface area contributed by atoms with Crippen LogP contribution in [-0.2, 0) is 12.8 Å². The molecular weight excluding hydrogens is 301 g/mol. The van der Waals surface area contributed by atoms with Gasteiger partial charge in [-0.05, 0) is 49.1 Å². The Hall–Kier alpha value is -1.02. The molecule has 1 N–H and O–H groups in total. The fourth-order valence-electron chi connectivity index (χ4n) is 2.42. The van der Waals surface area contributed by atoms with Crippen LogP contribution in [0.5, 0.6) is 0 Å². The molecule has 2 rings (SSSR count). The molecule has 0 aromatic heterocycles. The van der Waals surface area contributed by atoms with Crippen molar-refractivity contribution in [2.45, 2.75) is 32.2 Å². The SMILES string of the molecule is CCCNC(Cc1ccccc1)Cc1ccc(Cl)cc1Cl. The molecule has 0 saturated carbocycles. The monoisotopic (exact) mass is 321 g/mol. The Kier molecular flexibility index (Phi) is 6.56. The molecule has 0 aliphatic carbocycles. The maximum absolute atomic E-state index is 6.30. The van der Waals surface area contributed by atoms with Crippen LogP contribution in [0.25, 0.3) is 0 Å². The largest absolute Gasteiger partial charge is 0.313 e. The zero-order valence-electron chi connectivity index (χ0n) is 12.3. The van der Waals surface area contributed by atoms with Crippen LogP contribution in [0.1, 0.15) is 24.5 Å². The molecule has 0 heterocycles. The van der Waals surface area contributed by atoms with Crippen LogP contribution in [0.3, 0.4) is 0 Å². The third-order valence-electron chi connectivity index (χ3n) is 3.49. The smallest absolute Gasteiger partial charge is 0.0453 e. The molecule has 0 fully saturated rings. The van der Waals surface area contributed by atoms with Crippen LogP contribution < -0.4 is 5.32 Å². The van der Waals surface area contributed by atoms with Crippen molar-refractivity contribution < 1.29 is 0 Å². The third-order valence-corrected chi connectivity index (χ3v) is 4.08. The van der Waals surface area contributed by atoms with Crippen molar-refractivity contribution in [1.82, 2.24) is 5.32 Å². The van der Waals surface area contributed by atoms with Crippen LogP contribution in [0, 0.1) is 0 Å². The number of halogens is 2. The van der Waals surface area contributed by atoms with Crippen LogP contribution in [0.15, 0.2) is 48.5 Å². The molecule has 1 atom stereocenters. The fraction of sp³-hybridized carbons (Fsp3) is 0.333. The number of benzene rings is 2. The Morgan fingerprint density at radius 2 is 1.76 bits per heavy atom. The van der Waals surface area contributed by atoms with E-state index in [9.17, 15) is 0 Å². The lowest BCUT2D eigenvalue weighted by Crippen LogP contribution is -2.33. The molecule has 112 valence electrons. The van der Waals surface area contributed by atoms with Gasteiger partial charge >= 0.3 is 0 Å². The Morgan fingerprint density at radius 1 is 1.00 bits per heavy atom. The van der Waals surface area contributed by atoms with Gasteiger partial charge in [0.1, 0.15) is 0 Å². The number of hydrogen-bond acceptors (Lipinski definition) is 1. The fourth-order valence-corrected chi connectivity index (χ4v) is 2.90. The second-order valence-corrected chi connectivity index (χ2v) is 6.12. The number of rotatable bonds is 7. The lowest BCUT2D eigenvalue weighted by atomic mass is 9.99. The summed E-state index contributed by atoms with van der Waals surface area (Å²) in [5.74, 6) is 0. The molecule has 2 aromatic carbocycles. The summed E-state index contributed by atoms with van der Waals surface area (Å²) in [4.78, 5) is 0. The van der Waals surface area contributed by atoms with Crippen molar-refractivity contribution in [2.24, 2.45) is 0 Å². The predicted octanol–water partition coefficient (Wildman–Crippen LogP) is 5.15. The molecule has 0 amide bonds. The summed E-state index contributed by atoms with van der Waals surface area (Å²) in [6.07, 6.45) is 3.03. The van der Waals surface area contributed by atoms with Gasteiger partial charge in [-0.25, -0.2) is 0 Å². The zero-order chi connectivity index (χ0) is 15.1. The summed E-state index contributed by atoms with van der Waals surface area (Å²) < 4.78 is 0. The van der Waals surface area contributed by atoms with E-state index in [2.05, 4.69) is 36.5 Å². The lowest BCUT2D eigenvalue weighted by Gasteiger charge is -2.19. The molecular formula is C18H21Cl2N. The van der Waals surface area contributed by atoms with E-state index < -0.39 is 0 Å². The molecule has 2 aromatic rings. The average molecular weight is 322 g/mol. The van der Waals surface area contributed by atoms with E-state index in [0.717, 1.165) is 36.4 Å². The van der Waals surface area contributed by atoms with E-state index in [1.165, 1.54) is 5.56 Å². The molecule has 0 bridgehead atoms. The van der Waals surface area contributed by atoms with Crippen molar-refractivity contribution in [3.05, 3.63) is 69.7 Å². The summed E-state index contributed by atoms with van der Waals surface area (Å²) in [7, 11) is 0. The van der Waals surface area contributed by atoms with Crippen molar-refractivity contribution in [2.75, 3.05) is 6.54 Å². The van der Waals surface area contributed by atoms with Gasteiger partial charge in [0.2, 0.25) is 0 Å². The summed E-state index contributed by atoms with van der Waals surface area (Å²) in [6, 6.07) is 16.7. The van der Waals surface area contributed by atoms with Crippen LogP contribution in [0.4, 0.5) is 0 Å². The van der Waals surface area contributed by atoms with E-state index in [4.69, 9.17) is 23.2 Å². The normalized spacial score (nSPS) is 12.3. The second-order valence-electron chi connectivity index (χ2n) is 5.28. The van der Waals surface area contributed by atoms with Crippen molar-refractivity contribution in [3.8, 4) is 0 Å². The Morgan fingerprint density at radius 3 is 2.43 bits per heavy atom. The molecule has 0 radical (unpaired) electrons. The quantitative estimate of drug-likeness (QED) is 0.743. The predicted molar refractivity (Wildman–Crippen MR) is 92.4 cm³/mol. The minimum absolute atomic E-state index is 0.381. The van der Waals surface area contributed by atoms with Gasteiger partial charge in [-0.1, -0.05) is 66.5 Å². The maximum Gasteiger partial charge on any atom is 0.0453 e. The highest BCUT2D eigenvalue weighted by Gasteiger charge is 2.12. The Bertz CT molecular complexity index is 554. The molecule has 0 aliphatic heterocycles. The molecule has 0 saturated heterocycles. The highest BCUT2D eigenvalue weighted by atomic mass is 35.5. The summed E-state index contributed by atoms with van der Waals surface area (Å²) in [5.41, 5.74) is 2.49. The molecule has 0 aliphatic rings. The van der Waals surface area contributed by atoms with Crippen LogP contribution in [0.2, 0.25) is 10.0 Å².